The summed E-state index contributed by atoms with van der Waals surface area (Å²) in [5.41, 5.74) is 1.52. The number of anilines is 1. The summed E-state index contributed by atoms with van der Waals surface area (Å²) in [4.78, 5) is 32.1. The lowest BCUT2D eigenvalue weighted by molar-refractivity contribution is 0.0732. The number of amides is 3. The van der Waals surface area contributed by atoms with Gasteiger partial charge < -0.3 is 15.0 Å². The van der Waals surface area contributed by atoms with Gasteiger partial charge in [-0.25, -0.2) is 9.78 Å². The Balaban J connectivity index is 1.71. The van der Waals surface area contributed by atoms with Gasteiger partial charge in [0.15, 0.2) is 5.13 Å². The molecule has 0 aliphatic carbocycles. The van der Waals surface area contributed by atoms with Gasteiger partial charge in [-0.15, -0.1) is 0 Å². The zero-order chi connectivity index (χ0) is 19.4. The quantitative estimate of drug-likeness (QED) is 0.823. The van der Waals surface area contributed by atoms with Gasteiger partial charge in [-0.05, 0) is 32.9 Å². The van der Waals surface area contributed by atoms with E-state index in [2.05, 4.69) is 15.6 Å². The Bertz CT molecular complexity index is 834. The fourth-order valence-electron chi connectivity index (χ4n) is 2.91. The Morgan fingerprint density at radius 3 is 2.85 bits per heavy atom. The summed E-state index contributed by atoms with van der Waals surface area (Å²) in [6.45, 7) is 7.28. The first-order valence-corrected chi connectivity index (χ1v) is 9.86. The molecule has 1 aliphatic heterocycles. The third-order valence-corrected chi connectivity index (χ3v) is 5.07. The van der Waals surface area contributed by atoms with Crippen molar-refractivity contribution in [2.45, 2.75) is 39.8 Å². The number of carbonyl (C=O) groups excluding carboxylic acids is 2. The van der Waals surface area contributed by atoms with E-state index in [9.17, 15) is 9.59 Å². The molecule has 0 saturated heterocycles. The molecule has 144 valence electrons. The lowest BCUT2D eigenvalue weighted by Crippen LogP contribution is -2.35. The van der Waals surface area contributed by atoms with Crippen LogP contribution in [-0.4, -0.2) is 41.0 Å². The lowest BCUT2D eigenvalue weighted by atomic mass is 10.1. The first-order valence-electron chi connectivity index (χ1n) is 9.05. The molecule has 1 aromatic carbocycles. The molecule has 0 bridgehead atoms. The van der Waals surface area contributed by atoms with Gasteiger partial charge in [0.25, 0.3) is 5.91 Å². The van der Waals surface area contributed by atoms with E-state index in [0.717, 1.165) is 10.6 Å². The van der Waals surface area contributed by atoms with E-state index >= 15 is 0 Å². The number of aromatic nitrogens is 1. The number of carbonyl (C=O) groups is 2. The number of urea groups is 1. The zero-order valence-electron chi connectivity index (χ0n) is 15.7. The average Bonchev–Trinajstić information content (AvgIpc) is 3.02. The highest BCUT2D eigenvalue weighted by Gasteiger charge is 2.26. The second-order valence-electron chi connectivity index (χ2n) is 6.55. The molecule has 3 rings (SSSR count). The standard InChI is InChI=1S/C19H24N4O3S/c1-4-26-15-8-6-5-7-13(15)17(24)23-10-9-14-16(11-23)27-19(21-14)22-18(25)20-12(2)3/h5-8,12H,4,9-11H2,1-3H3,(H2,20,21,22,25). The van der Waals surface area contributed by atoms with Crippen LogP contribution in [0, 0.1) is 0 Å². The Morgan fingerprint density at radius 2 is 2.11 bits per heavy atom. The number of nitrogens with zero attached hydrogens (tertiary/aromatic N) is 2. The smallest absolute Gasteiger partial charge is 0.321 e. The fraction of sp³-hybridized carbons (Fsp3) is 0.421. The maximum absolute atomic E-state index is 13.0. The highest BCUT2D eigenvalue weighted by atomic mass is 32.1. The van der Waals surface area contributed by atoms with Crippen molar-refractivity contribution in [1.29, 1.82) is 0 Å². The van der Waals surface area contributed by atoms with Crippen molar-refractivity contribution in [2.24, 2.45) is 0 Å². The van der Waals surface area contributed by atoms with Crippen LogP contribution >= 0.6 is 11.3 Å². The summed E-state index contributed by atoms with van der Waals surface area (Å²) in [5, 5.41) is 6.10. The van der Waals surface area contributed by atoms with Crippen molar-refractivity contribution < 1.29 is 14.3 Å². The van der Waals surface area contributed by atoms with E-state index < -0.39 is 0 Å². The number of rotatable bonds is 5. The fourth-order valence-corrected chi connectivity index (χ4v) is 3.93. The molecule has 3 amide bonds. The Morgan fingerprint density at radius 1 is 1.33 bits per heavy atom. The normalized spacial score (nSPS) is 13.3. The highest BCUT2D eigenvalue weighted by molar-refractivity contribution is 7.15. The number of benzene rings is 1. The molecule has 2 heterocycles. The van der Waals surface area contributed by atoms with E-state index in [1.807, 2.05) is 39.0 Å². The highest BCUT2D eigenvalue weighted by Crippen LogP contribution is 2.30. The van der Waals surface area contributed by atoms with Crippen LogP contribution in [0.15, 0.2) is 24.3 Å². The largest absolute Gasteiger partial charge is 0.493 e. The summed E-state index contributed by atoms with van der Waals surface area (Å²) < 4.78 is 5.59. The molecule has 0 atom stereocenters. The summed E-state index contributed by atoms with van der Waals surface area (Å²) in [6.07, 6.45) is 0.669. The third-order valence-electron chi connectivity index (χ3n) is 4.08. The molecule has 8 heteroatoms. The number of nitrogens with one attached hydrogen (secondary N) is 2. The topological polar surface area (TPSA) is 83.6 Å². The van der Waals surface area contributed by atoms with E-state index in [0.29, 0.717) is 42.6 Å². The zero-order valence-corrected chi connectivity index (χ0v) is 16.6. The SMILES string of the molecule is CCOc1ccccc1C(=O)N1CCc2nc(NC(=O)NC(C)C)sc2C1. The van der Waals surface area contributed by atoms with Crippen LogP contribution in [0.4, 0.5) is 9.93 Å². The van der Waals surface area contributed by atoms with Gasteiger partial charge in [-0.1, -0.05) is 23.5 Å². The second kappa shape index (κ2) is 8.39. The van der Waals surface area contributed by atoms with Crippen LogP contribution in [0.25, 0.3) is 0 Å². The summed E-state index contributed by atoms with van der Waals surface area (Å²) in [6, 6.07) is 7.09. The predicted molar refractivity (Wildman–Crippen MR) is 105 cm³/mol. The van der Waals surface area contributed by atoms with Gasteiger partial charge in [-0.3, -0.25) is 10.1 Å². The third kappa shape index (κ3) is 4.57. The van der Waals surface area contributed by atoms with Crippen LogP contribution in [0.2, 0.25) is 0 Å². The Labute approximate surface area is 162 Å². The van der Waals surface area contributed by atoms with Gasteiger partial charge in [0.05, 0.1) is 24.4 Å². The molecule has 2 N–H and O–H groups in total. The Hall–Kier alpha value is -2.61. The van der Waals surface area contributed by atoms with Crippen LogP contribution in [0.3, 0.4) is 0 Å². The molecule has 0 unspecified atom stereocenters. The number of hydrogen-bond donors (Lipinski definition) is 2. The number of ether oxygens (including phenoxy) is 1. The molecular formula is C19H24N4O3S. The van der Waals surface area contributed by atoms with Crippen LogP contribution < -0.4 is 15.4 Å². The van der Waals surface area contributed by atoms with Gasteiger partial charge in [0.1, 0.15) is 5.75 Å². The molecule has 27 heavy (non-hydrogen) atoms. The molecule has 0 spiro atoms. The molecular weight excluding hydrogens is 364 g/mol. The average molecular weight is 388 g/mol. The van der Waals surface area contributed by atoms with Crippen LogP contribution in [0.1, 0.15) is 41.7 Å². The number of fused-ring (bicyclic) bond motifs is 1. The van der Waals surface area contributed by atoms with Crippen LogP contribution in [-0.2, 0) is 13.0 Å². The molecule has 0 saturated carbocycles. The lowest BCUT2D eigenvalue weighted by Gasteiger charge is -2.26. The van der Waals surface area contributed by atoms with Crippen molar-refractivity contribution in [3.63, 3.8) is 0 Å². The maximum atomic E-state index is 13.0. The predicted octanol–water partition coefficient (Wildman–Crippen LogP) is 3.27. The monoisotopic (exact) mass is 388 g/mol. The van der Waals surface area contributed by atoms with Crippen molar-refractivity contribution in [3.05, 3.63) is 40.4 Å². The van der Waals surface area contributed by atoms with E-state index in [-0.39, 0.29) is 18.0 Å². The minimum Gasteiger partial charge on any atom is -0.493 e. The minimum atomic E-state index is -0.269. The Kier molecular flexibility index (Phi) is 5.95. The molecule has 1 aromatic heterocycles. The van der Waals surface area contributed by atoms with Crippen molar-refractivity contribution in [3.8, 4) is 5.75 Å². The maximum Gasteiger partial charge on any atom is 0.321 e. The molecule has 2 aromatic rings. The summed E-state index contributed by atoms with van der Waals surface area (Å²) >= 11 is 1.41. The van der Waals surface area contributed by atoms with Crippen molar-refractivity contribution in [1.82, 2.24) is 15.2 Å². The van der Waals surface area contributed by atoms with E-state index in [1.165, 1.54) is 11.3 Å². The first-order chi connectivity index (χ1) is 13.0. The molecule has 0 fully saturated rings. The van der Waals surface area contributed by atoms with Crippen LogP contribution in [0.5, 0.6) is 5.75 Å². The second-order valence-corrected chi connectivity index (χ2v) is 7.63. The van der Waals surface area contributed by atoms with E-state index in [1.54, 1.807) is 11.0 Å². The van der Waals surface area contributed by atoms with Gasteiger partial charge in [0, 0.05) is 23.9 Å². The summed E-state index contributed by atoms with van der Waals surface area (Å²) in [7, 11) is 0. The number of thiazole rings is 1. The minimum absolute atomic E-state index is 0.0508. The molecule has 1 aliphatic rings. The molecule has 7 nitrogen and oxygen atoms in total. The summed E-state index contributed by atoms with van der Waals surface area (Å²) in [5.74, 6) is 0.554. The van der Waals surface area contributed by atoms with Gasteiger partial charge in [-0.2, -0.15) is 0 Å². The van der Waals surface area contributed by atoms with Gasteiger partial charge >= 0.3 is 6.03 Å². The number of para-hydroxylation sites is 1. The number of hydrogen-bond acceptors (Lipinski definition) is 5. The van der Waals surface area contributed by atoms with Crippen molar-refractivity contribution in [2.75, 3.05) is 18.5 Å². The van der Waals surface area contributed by atoms with E-state index in [4.69, 9.17) is 4.74 Å². The first kappa shape index (κ1) is 19.2. The van der Waals surface area contributed by atoms with Crippen molar-refractivity contribution >= 4 is 28.4 Å². The van der Waals surface area contributed by atoms with Gasteiger partial charge in [0.2, 0.25) is 0 Å². The molecule has 0 radical (unpaired) electrons.